The van der Waals surface area contributed by atoms with Crippen molar-refractivity contribution in [3.63, 3.8) is 0 Å². The zero-order valence-electron chi connectivity index (χ0n) is 10.1. The highest BCUT2D eigenvalue weighted by atomic mass is 79.9. The average molecular weight is 324 g/mol. The first kappa shape index (κ1) is 13.3. The maximum Gasteiger partial charge on any atom is 0.251 e. The zero-order chi connectivity index (χ0) is 13.0. The molecule has 94 valence electrons. The monoisotopic (exact) mass is 323 g/mol. The number of halogens is 1. The van der Waals surface area contributed by atoms with Crippen molar-refractivity contribution < 1.29 is 4.79 Å². The zero-order valence-corrected chi connectivity index (χ0v) is 12.5. The number of alkyl halides is 1. The van der Waals surface area contributed by atoms with E-state index in [4.69, 9.17) is 0 Å². The van der Waals surface area contributed by atoms with Crippen molar-refractivity contribution >= 4 is 33.2 Å². The standard InChI is InChI=1S/C14H14BrNOS/c1-10-8-18-9-13(10)7-16-14(17)12-4-2-11(6-15)3-5-12/h2-5,8-9H,6-7H2,1H3,(H,16,17). The minimum Gasteiger partial charge on any atom is -0.348 e. The van der Waals surface area contributed by atoms with Crippen molar-refractivity contribution in [1.82, 2.24) is 5.32 Å². The van der Waals surface area contributed by atoms with Crippen LogP contribution in [0.5, 0.6) is 0 Å². The third kappa shape index (κ3) is 3.21. The Bertz CT molecular complexity index is 533. The maximum absolute atomic E-state index is 11.9. The summed E-state index contributed by atoms with van der Waals surface area (Å²) in [7, 11) is 0. The molecule has 1 heterocycles. The van der Waals surface area contributed by atoms with Gasteiger partial charge in [-0.3, -0.25) is 4.79 Å². The Kier molecular flexibility index (Phi) is 4.55. The van der Waals surface area contributed by atoms with Crippen LogP contribution < -0.4 is 5.32 Å². The van der Waals surface area contributed by atoms with Crippen LogP contribution in [0.15, 0.2) is 35.0 Å². The Balaban J connectivity index is 1.97. The van der Waals surface area contributed by atoms with Gasteiger partial charge in [0.1, 0.15) is 0 Å². The Morgan fingerprint density at radius 3 is 2.56 bits per heavy atom. The molecule has 1 aromatic carbocycles. The number of rotatable bonds is 4. The lowest BCUT2D eigenvalue weighted by Gasteiger charge is -2.05. The van der Waals surface area contributed by atoms with Crippen molar-refractivity contribution in [3.05, 3.63) is 57.3 Å². The first-order valence-corrected chi connectivity index (χ1v) is 7.72. The van der Waals surface area contributed by atoms with Crippen molar-refractivity contribution in [2.24, 2.45) is 0 Å². The van der Waals surface area contributed by atoms with Crippen molar-refractivity contribution in [2.45, 2.75) is 18.8 Å². The van der Waals surface area contributed by atoms with Crippen LogP contribution >= 0.6 is 27.3 Å². The van der Waals surface area contributed by atoms with Gasteiger partial charge >= 0.3 is 0 Å². The van der Waals surface area contributed by atoms with E-state index in [1.165, 1.54) is 16.7 Å². The molecule has 1 aromatic heterocycles. The fourth-order valence-electron chi connectivity index (χ4n) is 1.59. The summed E-state index contributed by atoms with van der Waals surface area (Å²) in [5, 5.41) is 7.91. The molecule has 0 aliphatic carbocycles. The third-order valence-electron chi connectivity index (χ3n) is 2.77. The SMILES string of the molecule is Cc1cscc1CNC(=O)c1ccc(CBr)cc1. The minimum absolute atomic E-state index is 0.0262. The van der Waals surface area contributed by atoms with E-state index >= 15 is 0 Å². The predicted octanol–water partition coefficient (Wildman–Crippen LogP) is 3.88. The fourth-order valence-corrected chi connectivity index (χ4v) is 2.82. The Morgan fingerprint density at radius 2 is 2.00 bits per heavy atom. The van der Waals surface area contributed by atoms with E-state index in [1.807, 2.05) is 24.3 Å². The number of thiophene rings is 1. The van der Waals surface area contributed by atoms with E-state index in [0.717, 1.165) is 5.33 Å². The van der Waals surface area contributed by atoms with Crippen LogP contribution in [0, 0.1) is 6.92 Å². The van der Waals surface area contributed by atoms with E-state index in [1.54, 1.807) is 11.3 Å². The molecule has 1 amide bonds. The molecular formula is C14H14BrNOS. The van der Waals surface area contributed by atoms with E-state index in [0.29, 0.717) is 12.1 Å². The molecule has 1 N–H and O–H groups in total. The van der Waals surface area contributed by atoms with Crippen molar-refractivity contribution in [2.75, 3.05) is 0 Å². The van der Waals surface area contributed by atoms with Gasteiger partial charge in [0.05, 0.1) is 0 Å². The van der Waals surface area contributed by atoms with E-state index < -0.39 is 0 Å². The number of aryl methyl sites for hydroxylation is 1. The Morgan fingerprint density at radius 1 is 1.28 bits per heavy atom. The molecule has 0 atom stereocenters. The van der Waals surface area contributed by atoms with Crippen LogP contribution in [0.2, 0.25) is 0 Å². The highest BCUT2D eigenvalue weighted by Crippen LogP contribution is 2.13. The summed E-state index contributed by atoms with van der Waals surface area (Å²) >= 11 is 5.05. The van der Waals surface area contributed by atoms with Crippen LogP contribution in [-0.4, -0.2) is 5.91 Å². The van der Waals surface area contributed by atoms with Crippen LogP contribution in [-0.2, 0) is 11.9 Å². The van der Waals surface area contributed by atoms with Gasteiger partial charge in [-0.2, -0.15) is 11.3 Å². The van der Waals surface area contributed by atoms with Gasteiger partial charge < -0.3 is 5.32 Å². The average Bonchev–Trinajstić information content (AvgIpc) is 2.81. The summed E-state index contributed by atoms with van der Waals surface area (Å²) in [4.78, 5) is 11.9. The Labute approximate surface area is 119 Å². The summed E-state index contributed by atoms with van der Waals surface area (Å²) in [5.74, 6) is -0.0262. The lowest BCUT2D eigenvalue weighted by atomic mass is 10.1. The van der Waals surface area contributed by atoms with E-state index in [2.05, 4.69) is 38.9 Å². The number of hydrogen-bond donors (Lipinski definition) is 1. The molecule has 0 radical (unpaired) electrons. The largest absolute Gasteiger partial charge is 0.348 e. The van der Waals surface area contributed by atoms with Crippen LogP contribution in [0.1, 0.15) is 27.0 Å². The molecule has 18 heavy (non-hydrogen) atoms. The lowest BCUT2D eigenvalue weighted by molar-refractivity contribution is 0.0951. The van der Waals surface area contributed by atoms with Crippen LogP contribution in [0.25, 0.3) is 0 Å². The quantitative estimate of drug-likeness (QED) is 0.850. The second kappa shape index (κ2) is 6.16. The first-order chi connectivity index (χ1) is 8.70. The Hall–Kier alpha value is -1.13. The second-order valence-corrected chi connectivity index (χ2v) is 5.40. The molecule has 0 fully saturated rings. The molecule has 4 heteroatoms. The number of carbonyl (C=O) groups is 1. The summed E-state index contributed by atoms with van der Waals surface area (Å²) in [6.07, 6.45) is 0. The number of amides is 1. The van der Waals surface area contributed by atoms with E-state index in [-0.39, 0.29) is 5.91 Å². The molecule has 0 saturated heterocycles. The van der Waals surface area contributed by atoms with Gasteiger partial charge in [0.15, 0.2) is 0 Å². The minimum atomic E-state index is -0.0262. The fraction of sp³-hybridized carbons (Fsp3) is 0.214. The molecule has 0 bridgehead atoms. The number of carbonyl (C=O) groups excluding carboxylic acids is 1. The van der Waals surface area contributed by atoms with Gasteiger partial charge in [0.25, 0.3) is 5.91 Å². The highest BCUT2D eigenvalue weighted by Gasteiger charge is 2.06. The molecule has 2 nitrogen and oxygen atoms in total. The predicted molar refractivity (Wildman–Crippen MR) is 79.3 cm³/mol. The molecule has 2 aromatic rings. The summed E-state index contributed by atoms with van der Waals surface area (Å²) in [6, 6.07) is 7.62. The van der Waals surface area contributed by atoms with Gasteiger partial charge in [-0.05, 0) is 46.5 Å². The molecule has 0 aliphatic rings. The maximum atomic E-state index is 11.9. The van der Waals surface area contributed by atoms with Gasteiger partial charge in [-0.15, -0.1) is 0 Å². The summed E-state index contributed by atoms with van der Waals surface area (Å²) in [5.41, 5.74) is 4.29. The van der Waals surface area contributed by atoms with Gasteiger partial charge in [0, 0.05) is 17.4 Å². The van der Waals surface area contributed by atoms with Gasteiger partial charge in [-0.1, -0.05) is 28.1 Å². The van der Waals surface area contributed by atoms with E-state index in [9.17, 15) is 4.79 Å². The third-order valence-corrected chi connectivity index (χ3v) is 4.33. The molecular weight excluding hydrogens is 310 g/mol. The van der Waals surface area contributed by atoms with Gasteiger partial charge in [-0.25, -0.2) is 0 Å². The van der Waals surface area contributed by atoms with Gasteiger partial charge in [0.2, 0.25) is 0 Å². The summed E-state index contributed by atoms with van der Waals surface area (Å²) in [6.45, 7) is 2.65. The number of benzene rings is 1. The topological polar surface area (TPSA) is 29.1 Å². The number of hydrogen-bond acceptors (Lipinski definition) is 2. The first-order valence-electron chi connectivity index (χ1n) is 5.65. The van der Waals surface area contributed by atoms with Crippen LogP contribution in [0.4, 0.5) is 0 Å². The van der Waals surface area contributed by atoms with Crippen molar-refractivity contribution in [3.8, 4) is 0 Å². The molecule has 0 aliphatic heterocycles. The highest BCUT2D eigenvalue weighted by molar-refractivity contribution is 9.08. The second-order valence-electron chi connectivity index (χ2n) is 4.09. The molecule has 2 rings (SSSR count). The normalized spacial score (nSPS) is 10.3. The molecule has 0 unspecified atom stereocenters. The number of nitrogens with one attached hydrogen (secondary N) is 1. The van der Waals surface area contributed by atoms with Crippen molar-refractivity contribution in [1.29, 1.82) is 0 Å². The smallest absolute Gasteiger partial charge is 0.251 e. The lowest BCUT2D eigenvalue weighted by Crippen LogP contribution is -2.22. The molecule has 0 spiro atoms. The summed E-state index contributed by atoms with van der Waals surface area (Å²) < 4.78 is 0. The molecule has 0 saturated carbocycles. The van der Waals surface area contributed by atoms with Crippen LogP contribution in [0.3, 0.4) is 0 Å².